The minimum absolute atomic E-state index is 0.0414. The second-order valence-corrected chi connectivity index (χ2v) is 11.2. The smallest absolute Gasteiger partial charge is 0.258 e. The van der Waals surface area contributed by atoms with E-state index in [4.69, 9.17) is 4.74 Å². The van der Waals surface area contributed by atoms with Crippen LogP contribution in [-0.4, -0.2) is 74.7 Å². The minimum Gasteiger partial charge on any atom is -0.483 e. The van der Waals surface area contributed by atoms with E-state index < -0.39 is 10.0 Å². The summed E-state index contributed by atoms with van der Waals surface area (Å²) in [6.07, 6.45) is 8.35. The predicted octanol–water partition coefficient (Wildman–Crippen LogP) is 2.02. The fourth-order valence-electron chi connectivity index (χ4n) is 5.38. The molecule has 3 aliphatic rings. The van der Waals surface area contributed by atoms with E-state index in [1.54, 1.807) is 4.31 Å². The third-order valence-corrected chi connectivity index (χ3v) is 8.43. The Morgan fingerprint density at radius 1 is 1.03 bits per heavy atom. The number of benzene rings is 1. The molecule has 3 aliphatic heterocycles. The Morgan fingerprint density at radius 2 is 1.81 bits per heavy atom. The van der Waals surface area contributed by atoms with Crippen molar-refractivity contribution in [2.45, 2.75) is 57.0 Å². The molecule has 172 valence electrons. The first kappa shape index (κ1) is 22.6. The molecule has 1 aromatic carbocycles. The lowest BCUT2D eigenvalue weighted by Gasteiger charge is -2.45. The van der Waals surface area contributed by atoms with Gasteiger partial charge in [-0.2, -0.15) is 0 Å². The van der Waals surface area contributed by atoms with E-state index in [0.717, 1.165) is 63.8 Å². The van der Waals surface area contributed by atoms with Crippen molar-refractivity contribution in [3.8, 4) is 5.75 Å². The highest BCUT2D eigenvalue weighted by atomic mass is 32.2. The Labute approximate surface area is 186 Å². The van der Waals surface area contributed by atoms with Crippen LogP contribution in [0.2, 0.25) is 0 Å². The highest BCUT2D eigenvalue weighted by Crippen LogP contribution is 2.29. The molecular formula is C23H35N3O4S. The number of carbonyl (C=O) groups excluding carboxylic acids is 1. The molecule has 0 radical (unpaired) electrons. The molecule has 0 unspecified atom stereocenters. The summed E-state index contributed by atoms with van der Waals surface area (Å²) in [6, 6.07) is 8.65. The van der Waals surface area contributed by atoms with Crippen LogP contribution in [0.25, 0.3) is 0 Å². The number of nitrogens with zero attached hydrogens (tertiary/aromatic N) is 2. The van der Waals surface area contributed by atoms with E-state index in [2.05, 4.69) is 16.3 Å². The number of carbonyl (C=O) groups is 1. The minimum atomic E-state index is -3.09. The third-order valence-electron chi connectivity index (χ3n) is 7.12. The van der Waals surface area contributed by atoms with E-state index in [-0.39, 0.29) is 18.6 Å². The fraction of sp³-hybridized carbons (Fsp3) is 0.696. The molecule has 0 spiro atoms. The SMILES string of the molecule is CS(=O)(=O)N1CCC(N2CC[C@H]3NC(=O)COc4ccccc4CCCC[C@H]3C2)CC1. The van der Waals surface area contributed by atoms with Crippen molar-refractivity contribution in [1.82, 2.24) is 14.5 Å². The van der Waals surface area contributed by atoms with E-state index >= 15 is 0 Å². The Hall–Kier alpha value is -1.64. The standard InChI is InChI=1S/C23H35N3O4S/c1-31(28,29)26-14-10-20(11-15-26)25-13-12-21-19(16-25)8-3-2-6-18-7-4-5-9-22(18)30-17-23(27)24-21/h4-5,7,9,19-21H,2-3,6,8,10-17H2,1H3,(H,24,27)/t19-,21+/m0/s1. The van der Waals surface area contributed by atoms with Crippen LogP contribution in [0.4, 0.5) is 0 Å². The van der Waals surface area contributed by atoms with Crippen LogP contribution in [0, 0.1) is 5.92 Å². The van der Waals surface area contributed by atoms with Gasteiger partial charge in [-0.3, -0.25) is 9.69 Å². The zero-order valence-corrected chi connectivity index (χ0v) is 19.3. The number of amides is 1. The summed E-state index contributed by atoms with van der Waals surface area (Å²) in [5, 5.41) is 3.24. The molecule has 7 nitrogen and oxygen atoms in total. The van der Waals surface area contributed by atoms with Gasteiger partial charge in [-0.15, -0.1) is 0 Å². The number of likely N-dealkylation sites (tertiary alicyclic amines) is 1. The van der Waals surface area contributed by atoms with Crippen molar-refractivity contribution in [3.05, 3.63) is 29.8 Å². The van der Waals surface area contributed by atoms with Crippen molar-refractivity contribution in [2.75, 3.05) is 39.0 Å². The van der Waals surface area contributed by atoms with Crippen LogP contribution in [0.1, 0.15) is 44.1 Å². The van der Waals surface area contributed by atoms with E-state index in [9.17, 15) is 13.2 Å². The number of rotatable bonds is 2. The molecule has 0 aliphatic carbocycles. The molecular weight excluding hydrogens is 414 g/mol. The van der Waals surface area contributed by atoms with E-state index in [0.29, 0.717) is 25.0 Å². The maximum absolute atomic E-state index is 12.6. The third kappa shape index (κ3) is 5.79. The molecule has 8 heteroatoms. The van der Waals surface area contributed by atoms with Gasteiger partial charge >= 0.3 is 0 Å². The summed E-state index contributed by atoms with van der Waals surface area (Å²) >= 11 is 0. The molecule has 1 aromatic rings. The summed E-state index contributed by atoms with van der Waals surface area (Å²) in [5.41, 5.74) is 1.18. The molecule has 0 bridgehead atoms. The van der Waals surface area contributed by atoms with Crippen LogP contribution in [-0.2, 0) is 21.2 Å². The number of aryl methyl sites for hydroxylation is 1. The molecule has 1 N–H and O–H groups in total. The molecule has 0 aromatic heterocycles. The Morgan fingerprint density at radius 3 is 2.58 bits per heavy atom. The van der Waals surface area contributed by atoms with Gasteiger partial charge < -0.3 is 10.1 Å². The van der Waals surface area contributed by atoms with Gasteiger partial charge in [-0.1, -0.05) is 24.6 Å². The topological polar surface area (TPSA) is 79.0 Å². The highest BCUT2D eigenvalue weighted by molar-refractivity contribution is 7.88. The van der Waals surface area contributed by atoms with Gasteiger partial charge in [0.15, 0.2) is 6.61 Å². The number of nitrogens with one attached hydrogen (secondary N) is 1. The number of piperidine rings is 2. The normalized spacial score (nSPS) is 27.7. The summed E-state index contributed by atoms with van der Waals surface area (Å²) in [7, 11) is -3.09. The maximum Gasteiger partial charge on any atom is 0.258 e. The molecule has 2 atom stereocenters. The van der Waals surface area contributed by atoms with Gasteiger partial charge in [-0.05, 0) is 56.1 Å². The number of hydrogen-bond acceptors (Lipinski definition) is 5. The van der Waals surface area contributed by atoms with Crippen molar-refractivity contribution in [2.24, 2.45) is 5.92 Å². The number of sulfonamides is 1. The van der Waals surface area contributed by atoms with Crippen LogP contribution in [0.3, 0.4) is 0 Å². The lowest BCUT2D eigenvalue weighted by Crippen LogP contribution is -2.56. The van der Waals surface area contributed by atoms with Crippen molar-refractivity contribution in [3.63, 3.8) is 0 Å². The summed E-state index contributed by atoms with van der Waals surface area (Å²) in [6.45, 7) is 3.22. The van der Waals surface area contributed by atoms with Gasteiger partial charge in [-0.25, -0.2) is 12.7 Å². The Kier molecular flexibility index (Phi) is 7.19. The molecule has 4 rings (SSSR count). The molecule has 0 saturated carbocycles. The first-order valence-corrected chi connectivity index (χ1v) is 13.4. The monoisotopic (exact) mass is 449 g/mol. The van der Waals surface area contributed by atoms with Crippen molar-refractivity contribution in [1.29, 1.82) is 0 Å². The number of hydrogen-bond donors (Lipinski definition) is 1. The maximum atomic E-state index is 12.6. The van der Waals surface area contributed by atoms with E-state index in [1.807, 2.05) is 18.2 Å². The van der Waals surface area contributed by atoms with Gasteiger partial charge in [0.25, 0.3) is 5.91 Å². The van der Waals surface area contributed by atoms with Crippen molar-refractivity contribution < 1.29 is 17.9 Å². The molecule has 31 heavy (non-hydrogen) atoms. The van der Waals surface area contributed by atoms with Gasteiger partial charge in [0.2, 0.25) is 10.0 Å². The zero-order valence-electron chi connectivity index (χ0n) is 18.5. The molecule has 2 fully saturated rings. The highest BCUT2D eigenvalue weighted by Gasteiger charge is 2.35. The average molecular weight is 450 g/mol. The van der Waals surface area contributed by atoms with Crippen LogP contribution in [0.5, 0.6) is 5.75 Å². The lowest BCUT2D eigenvalue weighted by atomic mass is 9.85. The van der Waals surface area contributed by atoms with Crippen LogP contribution in [0.15, 0.2) is 24.3 Å². The number of para-hydroxylation sites is 1. The first-order valence-electron chi connectivity index (χ1n) is 11.6. The Bertz CT molecular complexity index is 867. The lowest BCUT2D eigenvalue weighted by molar-refractivity contribution is -0.124. The quantitative estimate of drug-likeness (QED) is 0.747. The second-order valence-electron chi connectivity index (χ2n) is 9.25. The van der Waals surface area contributed by atoms with Gasteiger partial charge in [0.1, 0.15) is 5.75 Å². The van der Waals surface area contributed by atoms with E-state index in [1.165, 1.54) is 11.8 Å². The van der Waals surface area contributed by atoms with Gasteiger partial charge in [0.05, 0.1) is 6.26 Å². The Balaban J connectivity index is 1.38. The second kappa shape index (κ2) is 9.88. The van der Waals surface area contributed by atoms with Crippen LogP contribution < -0.4 is 10.1 Å². The van der Waals surface area contributed by atoms with Gasteiger partial charge in [0, 0.05) is 38.3 Å². The largest absolute Gasteiger partial charge is 0.483 e. The number of ether oxygens (including phenoxy) is 1. The molecule has 1 amide bonds. The number of fused-ring (bicyclic) bond motifs is 2. The summed E-state index contributed by atoms with van der Waals surface area (Å²) < 4.78 is 31.1. The summed E-state index contributed by atoms with van der Waals surface area (Å²) in [4.78, 5) is 15.1. The summed E-state index contributed by atoms with van der Waals surface area (Å²) in [5.74, 6) is 1.21. The van der Waals surface area contributed by atoms with Crippen molar-refractivity contribution >= 4 is 15.9 Å². The average Bonchev–Trinajstić information content (AvgIpc) is 2.75. The molecule has 2 saturated heterocycles. The predicted molar refractivity (Wildman–Crippen MR) is 121 cm³/mol. The molecule has 3 heterocycles. The van der Waals surface area contributed by atoms with Crippen LogP contribution >= 0.6 is 0 Å². The zero-order chi connectivity index (χ0) is 21.8. The fourth-order valence-corrected chi connectivity index (χ4v) is 6.25. The first-order chi connectivity index (χ1) is 14.9.